The quantitative estimate of drug-likeness (QED) is 0.813. The molecule has 134 valence electrons. The first-order valence-electron chi connectivity index (χ1n) is 8.78. The average Bonchev–Trinajstić information content (AvgIpc) is 2.87. The lowest BCUT2D eigenvalue weighted by molar-refractivity contribution is -0.121. The van der Waals surface area contributed by atoms with E-state index in [0.717, 1.165) is 5.56 Å². The zero-order chi connectivity index (χ0) is 18.7. The number of carbonyl (C=O) groups excluding carboxylic acids is 3. The van der Waals surface area contributed by atoms with Crippen LogP contribution in [0.15, 0.2) is 48.5 Å². The van der Waals surface area contributed by atoms with E-state index < -0.39 is 0 Å². The molecular formula is C21H22N2O3. The Hall–Kier alpha value is -2.95. The van der Waals surface area contributed by atoms with Crippen LogP contribution >= 0.6 is 0 Å². The first-order valence-corrected chi connectivity index (χ1v) is 8.78. The molecule has 0 saturated carbocycles. The molecule has 1 heterocycles. The molecule has 26 heavy (non-hydrogen) atoms. The second kappa shape index (κ2) is 7.52. The fourth-order valence-electron chi connectivity index (χ4n) is 3.09. The SMILES string of the molecule is Cc1ccc([C@@H](C)NC(=O)CCCN2C(=O)c3ccccc3C2=O)cc1. The van der Waals surface area contributed by atoms with Crippen molar-refractivity contribution in [3.63, 3.8) is 0 Å². The predicted octanol–water partition coefficient (Wildman–Crippen LogP) is 3.25. The third kappa shape index (κ3) is 3.67. The Bertz CT molecular complexity index is 808. The number of hydrogen-bond donors (Lipinski definition) is 1. The number of fused-ring (bicyclic) bond motifs is 1. The van der Waals surface area contributed by atoms with Gasteiger partial charge >= 0.3 is 0 Å². The van der Waals surface area contributed by atoms with Crippen LogP contribution in [0.1, 0.15) is 57.7 Å². The van der Waals surface area contributed by atoms with Gasteiger partial charge in [-0.05, 0) is 38.0 Å². The number of carbonyl (C=O) groups is 3. The number of benzene rings is 2. The lowest BCUT2D eigenvalue weighted by Gasteiger charge is -2.16. The summed E-state index contributed by atoms with van der Waals surface area (Å²) >= 11 is 0. The number of aryl methyl sites for hydroxylation is 1. The summed E-state index contributed by atoms with van der Waals surface area (Å²) < 4.78 is 0. The summed E-state index contributed by atoms with van der Waals surface area (Å²) in [5.74, 6) is -0.646. The van der Waals surface area contributed by atoms with Crippen LogP contribution in [-0.4, -0.2) is 29.2 Å². The first-order chi connectivity index (χ1) is 12.5. The number of rotatable bonds is 6. The van der Waals surface area contributed by atoms with Gasteiger partial charge < -0.3 is 5.32 Å². The highest BCUT2D eigenvalue weighted by Gasteiger charge is 2.34. The van der Waals surface area contributed by atoms with Gasteiger partial charge in [0, 0.05) is 13.0 Å². The molecule has 0 aromatic heterocycles. The van der Waals surface area contributed by atoms with Crippen molar-refractivity contribution in [1.82, 2.24) is 10.2 Å². The Morgan fingerprint density at radius 2 is 1.58 bits per heavy atom. The molecule has 0 saturated heterocycles. The Morgan fingerprint density at radius 3 is 2.15 bits per heavy atom. The molecule has 2 aromatic rings. The normalized spacial score (nSPS) is 14.3. The van der Waals surface area contributed by atoms with Crippen molar-refractivity contribution in [1.29, 1.82) is 0 Å². The Morgan fingerprint density at radius 1 is 1.00 bits per heavy atom. The van der Waals surface area contributed by atoms with Crippen molar-refractivity contribution in [3.05, 3.63) is 70.8 Å². The van der Waals surface area contributed by atoms with E-state index in [4.69, 9.17) is 0 Å². The van der Waals surface area contributed by atoms with E-state index in [1.54, 1.807) is 24.3 Å². The third-order valence-corrected chi connectivity index (χ3v) is 4.62. The van der Waals surface area contributed by atoms with Crippen molar-refractivity contribution >= 4 is 17.7 Å². The lowest BCUT2D eigenvalue weighted by atomic mass is 10.1. The van der Waals surface area contributed by atoms with Gasteiger partial charge in [0.2, 0.25) is 5.91 Å². The van der Waals surface area contributed by atoms with Crippen molar-refractivity contribution in [2.45, 2.75) is 32.7 Å². The van der Waals surface area contributed by atoms with Gasteiger partial charge in [0.05, 0.1) is 17.2 Å². The van der Waals surface area contributed by atoms with Crippen LogP contribution in [0.25, 0.3) is 0 Å². The molecule has 3 rings (SSSR count). The van der Waals surface area contributed by atoms with Gasteiger partial charge in [-0.2, -0.15) is 0 Å². The lowest BCUT2D eigenvalue weighted by Crippen LogP contribution is -2.32. The highest BCUT2D eigenvalue weighted by atomic mass is 16.2. The van der Waals surface area contributed by atoms with Crippen LogP contribution in [-0.2, 0) is 4.79 Å². The van der Waals surface area contributed by atoms with E-state index in [9.17, 15) is 14.4 Å². The summed E-state index contributed by atoms with van der Waals surface area (Å²) in [5, 5.41) is 2.95. The Balaban J connectivity index is 1.49. The van der Waals surface area contributed by atoms with Crippen molar-refractivity contribution in [2.24, 2.45) is 0 Å². The summed E-state index contributed by atoms with van der Waals surface area (Å²) in [6.45, 7) is 4.21. The minimum atomic E-state index is -0.279. The number of imide groups is 1. The molecule has 0 spiro atoms. The molecule has 0 aliphatic carbocycles. The summed E-state index contributed by atoms with van der Waals surface area (Å²) in [4.78, 5) is 37.9. The minimum Gasteiger partial charge on any atom is -0.350 e. The summed E-state index contributed by atoms with van der Waals surface area (Å²) in [5.41, 5.74) is 3.10. The topological polar surface area (TPSA) is 66.5 Å². The van der Waals surface area contributed by atoms with E-state index in [2.05, 4.69) is 5.32 Å². The van der Waals surface area contributed by atoms with Gasteiger partial charge in [0.15, 0.2) is 0 Å². The third-order valence-electron chi connectivity index (χ3n) is 4.62. The van der Waals surface area contributed by atoms with Crippen LogP contribution < -0.4 is 5.32 Å². The monoisotopic (exact) mass is 350 g/mol. The second-order valence-corrected chi connectivity index (χ2v) is 6.61. The molecule has 0 bridgehead atoms. The second-order valence-electron chi connectivity index (χ2n) is 6.61. The molecule has 2 aromatic carbocycles. The van der Waals surface area contributed by atoms with Gasteiger partial charge in [-0.25, -0.2) is 0 Å². The van der Waals surface area contributed by atoms with Crippen LogP contribution in [0.5, 0.6) is 0 Å². The predicted molar refractivity (Wildman–Crippen MR) is 98.8 cm³/mol. The molecule has 5 heteroatoms. The maximum Gasteiger partial charge on any atom is 0.261 e. The van der Waals surface area contributed by atoms with Gasteiger partial charge in [-0.1, -0.05) is 42.0 Å². The van der Waals surface area contributed by atoms with E-state index in [-0.39, 0.29) is 36.7 Å². The van der Waals surface area contributed by atoms with Gasteiger partial charge in [-0.15, -0.1) is 0 Å². The summed E-state index contributed by atoms with van der Waals surface area (Å²) in [6, 6.07) is 14.7. The van der Waals surface area contributed by atoms with Crippen molar-refractivity contribution < 1.29 is 14.4 Å². The highest BCUT2D eigenvalue weighted by molar-refractivity contribution is 6.21. The van der Waals surface area contributed by atoms with Crippen LogP contribution in [0.3, 0.4) is 0 Å². The van der Waals surface area contributed by atoms with Crippen LogP contribution in [0.2, 0.25) is 0 Å². The molecule has 0 fully saturated rings. The Labute approximate surface area is 153 Å². The van der Waals surface area contributed by atoms with Gasteiger partial charge in [0.1, 0.15) is 0 Å². The first kappa shape index (κ1) is 17.9. The van der Waals surface area contributed by atoms with E-state index >= 15 is 0 Å². The average molecular weight is 350 g/mol. The molecule has 1 aliphatic heterocycles. The standard InChI is InChI=1S/C21H22N2O3/c1-14-9-11-16(12-10-14)15(2)22-19(24)8-5-13-23-20(25)17-6-3-4-7-18(17)21(23)26/h3-4,6-7,9-12,15H,5,8,13H2,1-2H3,(H,22,24)/t15-/m1/s1. The largest absolute Gasteiger partial charge is 0.350 e. The van der Waals surface area contributed by atoms with Crippen LogP contribution in [0.4, 0.5) is 0 Å². The van der Waals surface area contributed by atoms with Gasteiger partial charge in [0.25, 0.3) is 11.8 Å². The van der Waals surface area contributed by atoms with E-state index in [1.807, 2.05) is 38.1 Å². The fraction of sp³-hybridized carbons (Fsp3) is 0.286. The Kier molecular flexibility index (Phi) is 5.16. The number of hydrogen-bond acceptors (Lipinski definition) is 3. The number of nitrogens with zero attached hydrogens (tertiary/aromatic N) is 1. The smallest absolute Gasteiger partial charge is 0.261 e. The molecule has 1 N–H and O–H groups in total. The summed E-state index contributed by atoms with van der Waals surface area (Å²) in [7, 11) is 0. The zero-order valence-electron chi connectivity index (χ0n) is 15.0. The minimum absolute atomic E-state index is 0.0811. The fourth-order valence-corrected chi connectivity index (χ4v) is 3.09. The number of nitrogens with one attached hydrogen (secondary N) is 1. The molecule has 1 atom stereocenters. The highest BCUT2D eigenvalue weighted by Crippen LogP contribution is 2.22. The molecule has 1 aliphatic rings. The van der Waals surface area contributed by atoms with E-state index in [0.29, 0.717) is 17.5 Å². The van der Waals surface area contributed by atoms with Crippen molar-refractivity contribution in [2.75, 3.05) is 6.54 Å². The maximum atomic E-state index is 12.3. The molecular weight excluding hydrogens is 328 g/mol. The van der Waals surface area contributed by atoms with E-state index in [1.165, 1.54) is 10.5 Å². The zero-order valence-corrected chi connectivity index (χ0v) is 15.0. The van der Waals surface area contributed by atoms with Crippen LogP contribution in [0, 0.1) is 6.92 Å². The molecule has 0 unspecified atom stereocenters. The molecule has 3 amide bonds. The molecule has 5 nitrogen and oxygen atoms in total. The molecule has 0 radical (unpaired) electrons. The number of amides is 3. The summed E-state index contributed by atoms with van der Waals surface area (Å²) in [6.07, 6.45) is 0.710. The van der Waals surface area contributed by atoms with Crippen molar-refractivity contribution in [3.8, 4) is 0 Å². The maximum absolute atomic E-state index is 12.3. The van der Waals surface area contributed by atoms with Gasteiger partial charge in [-0.3, -0.25) is 19.3 Å².